The van der Waals surface area contributed by atoms with Gasteiger partial charge >= 0.3 is 0 Å². The molecule has 2 aromatic carbocycles. The van der Waals surface area contributed by atoms with E-state index in [0.717, 1.165) is 22.6 Å². The molecule has 0 spiro atoms. The molecule has 0 aliphatic heterocycles. The van der Waals surface area contributed by atoms with E-state index in [4.69, 9.17) is 4.74 Å². The van der Waals surface area contributed by atoms with Crippen LogP contribution in [-0.4, -0.2) is 6.61 Å². The minimum absolute atomic E-state index is 0.198. The number of ether oxygens (including phenoxy) is 1. The first-order valence-corrected chi connectivity index (χ1v) is 6.41. The van der Waals surface area contributed by atoms with Crippen molar-refractivity contribution in [1.82, 2.24) is 0 Å². The maximum absolute atomic E-state index is 13.0. The molecule has 0 fully saturated rings. The molecule has 0 unspecified atom stereocenters. The summed E-state index contributed by atoms with van der Waals surface area (Å²) in [6.07, 6.45) is 0. The number of aryl methyl sites for hydroxylation is 1. The highest BCUT2D eigenvalue weighted by Crippen LogP contribution is 2.24. The molecule has 19 heavy (non-hydrogen) atoms. The zero-order valence-electron chi connectivity index (χ0n) is 11.2. The van der Waals surface area contributed by atoms with Gasteiger partial charge in [0.25, 0.3) is 0 Å². The minimum Gasteiger partial charge on any atom is -0.492 e. The van der Waals surface area contributed by atoms with Crippen LogP contribution < -0.4 is 10.1 Å². The van der Waals surface area contributed by atoms with Gasteiger partial charge in [-0.15, -0.1) is 0 Å². The summed E-state index contributed by atoms with van der Waals surface area (Å²) in [6, 6.07) is 12.7. The zero-order chi connectivity index (χ0) is 13.7. The first kappa shape index (κ1) is 13.4. The molecule has 0 saturated carbocycles. The average Bonchev–Trinajstić information content (AvgIpc) is 2.40. The van der Waals surface area contributed by atoms with E-state index < -0.39 is 0 Å². The summed E-state index contributed by atoms with van der Waals surface area (Å²) in [6.45, 7) is 5.15. The van der Waals surface area contributed by atoms with E-state index >= 15 is 0 Å². The van der Waals surface area contributed by atoms with Crippen molar-refractivity contribution in [2.45, 2.75) is 20.4 Å². The van der Waals surface area contributed by atoms with E-state index in [1.165, 1.54) is 6.07 Å². The Bertz CT molecular complexity index is 554. The summed E-state index contributed by atoms with van der Waals surface area (Å²) >= 11 is 0. The number of para-hydroxylation sites is 2. The van der Waals surface area contributed by atoms with Crippen LogP contribution in [0.2, 0.25) is 0 Å². The second kappa shape index (κ2) is 6.23. The van der Waals surface area contributed by atoms with Crippen molar-refractivity contribution < 1.29 is 9.13 Å². The predicted molar refractivity (Wildman–Crippen MR) is 76.1 cm³/mol. The minimum atomic E-state index is -0.198. The van der Waals surface area contributed by atoms with Crippen LogP contribution in [0, 0.1) is 12.7 Å². The van der Waals surface area contributed by atoms with E-state index in [-0.39, 0.29) is 5.82 Å². The molecule has 2 nitrogen and oxygen atoms in total. The summed E-state index contributed by atoms with van der Waals surface area (Å²) in [5.41, 5.74) is 2.97. The molecule has 0 aliphatic rings. The molecule has 0 aliphatic carbocycles. The number of nitrogens with one attached hydrogen (secondary N) is 1. The Balaban J connectivity index is 2.10. The van der Waals surface area contributed by atoms with Gasteiger partial charge in [0.2, 0.25) is 0 Å². The standard InChI is InChI=1S/C16H18FNO/c1-3-19-16-7-5-4-6-15(16)18-11-13-8-9-14(17)10-12(13)2/h4-10,18H,3,11H2,1-2H3. The Labute approximate surface area is 113 Å². The highest BCUT2D eigenvalue weighted by molar-refractivity contribution is 5.56. The van der Waals surface area contributed by atoms with Gasteiger partial charge in [0.15, 0.2) is 0 Å². The molecule has 3 heteroatoms. The lowest BCUT2D eigenvalue weighted by atomic mass is 10.1. The maximum atomic E-state index is 13.0. The number of hydrogen-bond donors (Lipinski definition) is 1. The molecule has 0 bridgehead atoms. The third kappa shape index (κ3) is 3.47. The van der Waals surface area contributed by atoms with Crippen molar-refractivity contribution in [3.63, 3.8) is 0 Å². The van der Waals surface area contributed by atoms with Crippen LogP contribution in [0.25, 0.3) is 0 Å². The zero-order valence-corrected chi connectivity index (χ0v) is 11.2. The van der Waals surface area contributed by atoms with Crippen molar-refractivity contribution in [2.75, 3.05) is 11.9 Å². The molecule has 0 saturated heterocycles. The molecular weight excluding hydrogens is 241 g/mol. The largest absolute Gasteiger partial charge is 0.492 e. The Kier molecular flexibility index (Phi) is 4.39. The van der Waals surface area contributed by atoms with Gasteiger partial charge in [0, 0.05) is 6.54 Å². The van der Waals surface area contributed by atoms with Crippen molar-refractivity contribution in [2.24, 2.45) is 0 Å². The number of hydrogen-bond acceptors (Lipinski definition) is 2. The van der Waals surface area contributed by atoms with Crippen LogP contribution in [0.1, 0.15) is 18.1 Å². The SMILES string of the molecule is CCOc1ccccc1NCc1ccc(F)cc1C. The van der Waals surface area contributed by atoms with E-state index in [2.05, 4.69) is 5.32 Å². The molecule has 0 radical (unpaired) electrons. The van der Waals surface area contributed by atoms with E-state index in [1.54, 1.807) is 12.1 Å². The summed E-state index contributed by atoms with van der Waals surface area (Å²) in [5, 5.41) is 3.33. The van der Waals surface area contributed by atoms with Crippen LogP contribution in [0.4, 0.5) is 10.1 Å². The molecule has 0 heterocycles. The molecule has 0 aromatic heterocycles. The third-order valence-corrected chi connectivity index (χ3v) is 2.96. The number of benzene rings is 2. The third-order valence-electron chi connectivity index (χ3n) is 2.96. The lowest BCUT2D eigenvalue weighted by Crippen LogP contribution is -2.04. The van der Waals surface area contributed by atoms with Gasteiger partial charge in [0.05, 0.1) is 12.3 Å². The van der Waals surface area contributed by atoms with Gasteiger partial charge in [-0.1, -0.05) is 18.2 Å². The van der Waals surface area contributed by atoms with Gasteiger partial charge in [0.1, 0.15) is 11.6 Å². The van der Waals surface area contributed by atoms with Gasteiger partial charge in [-0.3, -0.25) is 0 Å². The normalized spacial score (nSPS) is 10.3. The van der Waals surface area contributed by atoms with Crippen molar-refractivity contribution >= 4 is 5.69 Å². The lowest BCUT2D eigenvalue weighted by Gasteiger charge is -2.13. The number of rotatable bonds is 5. The molecular formula is C16H18FNO. The summed E-state index contributed by atoms with van der Waals surface area (Å²) < 4.78 is 18.6. The van der Waals surface area contributed by atoms with Crippen molar-refractivity contribution in [3.05, 3.63) is 59.4 Å². The van der Waals surface area contributed by atoms with Crippen molar-refractivity contribution in [3.8, 4) is 5.75 Å². The Morgan fingerprint density at radius 3 is 2.68 bits per heavy atom. The van der Waals surface area contributed by atoms with Gasteiger partial charge in [-0.25, -0.2) is 4.39 Å². The molecule has 100 valence electrons. The van der Waals surface area contributed by atoms with Crippen LogP contribution in [0.5, 0.6) is 5.75 Å². The first-order valence-electron chi connectivity index (χ1n) is 6.41. The Morgan fingerprint density at radius 1 is 1.16 bits per heavy atom. The predicted octanol–water partition coefficient (Wildman–Crippen LogP) is 4.14. The number of anilines is 1. The fraction of sp³-hybridized carbons (Fsp3) is 0.250. The summed E-state index contributed by atoms with van der Waals surface area (Å²) in [5.74, 6) is 0.640. The van der Waals surface area contributed by atoms with Crippen molar-refractivity contribution in [1.29, 1.82) is 0 Å². The van der Waals surface area contributed by atoms with Crippen LogP contribution >= 0.6 is 0 Å². The van der Waals surface area contributed by atoms with Crippen LogP contribution in [0.15, 0.2) is 42.5 Å². The molecule has 0 atom stereocenters. The highest BCUT2D eigenvalue weighted by Gasteiger charge is 2.04. The average molecular weight is 259 g/mol. The Hall–Kier alpha value is -2.03. The molecule has 2 rings (SSSR count). The van der Waals surface area contributed by atoms with Gasteiger partial charge < -0.3 is 10.1 Å². The van der Waals surface area contributed by atoms with E-state index in [1.807, 2.05) is 38.1 Å². The monoisotopic (exact) mass is 259 g/mol. The number of halogens is 1. The molecule has 2 aromatic rings. The van der Waals surface area contributed by atoms with E-state index in [9.17, 15) is 4.39 Å². The maximum Gasteiger partial charge on any atom is 0.142 e. The second-order valence-corrected chi connectivity index (χ2v) is 4.35. The van der Waals surface area contributed by atoms with E-state index in [0.29, 0.717) is 13.2 Å². The van der Waals surface area contributed by atoms with Crippen LogP contribution in [-0.2, 0) is 6.54 Å². The van der Waals surface area contributed by atoms with Crippen LogP contribution in [0.3, 0.4) is 0 Å². The van der Waals surface area contributed by atoms with Gasteiger partial charge in [-0.2, -0.15) is 0 Å². The van der Waals surface area contributed by atoms with Gasteiger partial charge in [-0.05, 0) is 49.2 Å². The highest BCUT2D eigenvalue weighted by atomic mass is 19.1. The quantitative estimate of drug-likeness (QED) is 0.871. The smallest absolute Gasteiger partial charge is 0.142 e. The molecule has 0 amide bonds. The second-order valence-electron chi connectivity index (χ2n) is 4.35. The topological polar surface area (TPSA) is 21.3 Å². The summed E-state index contributed by atoms with van der Waals surface area (Å²) in [7, 11) is 0. The fourth-order valence-electron chi connectivity index (χ4n) is 1.94. The fourth-order valence-corrected chi connectivity index (χ4v) is 1.94. The molecule has 1 N–H and O–H groups in total. The summed E-state index contributed by atoms with van der Waals surface area (Å²) in [4.78, 5) is 0. The Morgan fingerprint density at radius 2 is 1.95 bits per heavy atom. The lowest BCUT2D eigenvalue weighted by molar-refractivity contribution is 0.341. The first-order chi connectivity index (χ1) is 9.20.